The second-order valence-electron chi connectivity index (χ2n) is 7.39. The van der Waals surface area contributed by atoms with Crippen LogP contribution in [0.3, 0.4) is 0 Å². The minimum atomic E-state index is 0.972. The van der Waals surface area contributed by atoms with E-state index in [1.165, 1.54) is 43.4 Å². The molecule has 0 aliphatic rings. The SMILES string of the molecule is CN(C)Cc1cc2ccc3ccc(CN(C)C)c4ccc(c1)c2c34. The largest absolute Gasteiger partial charge is 0.305 e. The van der Waals surface area contributed by atoms with Crippen molar-refractivity contribution in [2.24, 2.45) is 0 Å². The van der Waals surface area contributed by atoms with Crippen LogP contribution in [-0.2, 0) is 13.1 Å². The number of hydrogen-bond acceptors (Lipinski definition) is 2. The summed E-state index contributed by atoms with van der Waals surface area (Å²) in [5.74, 6) is 0. The lowest BCUT2D eigenvalue weighted by atomic mass is 9.90. The van der Waals surface area contributed by atoms with Crippen molar-refractivity contribution in [3.05, 3.63) is 59.7 Å². The van der Waals surface area contributed by atoms with Gasteiger partial charge in [-0.1, -0.05) is 36.4 Å². The Morgan fingerprint density at radius 2 is 1.21 bits per heavy atom. The van der Waals surface area contributed by atoms with E-state index < -0.39 is 0 Å². The van der Waals surface area contributed by atoms with E-state index in [2.05, 4.69) is 86.5 Å². The van der Waals surface area contributed by atoms with E-state index >= 15 is 0 Å². The Kier molecular flexibility index (Phi) is 3.67. The molecule has 0 N–H and O–H groups in total. The summed E-state index contributed by atoms with van der Waals surface area (Å²) in [6, 6.07) is 18.4. The van der Waals surface area contributed by atoms with Gasteiger partial charge in [0.2, 0.25) is 0 Å². The van der Waals surface area contributed by atoms with Crippen molar-refractivity contribution in [3.8, 4) is 0 Å². The van der Waals surface area contributed by atoms with Gasteiger partial charge >= 0.3 is 0 Å². The van der Waals surface area contributed by atoms with Crippen molar-refractivity contribution in [1.29, 1.82) is 0 Å². The molecule has 0 aliphatic heterocycles. The fourth-order valence-corrected chi connectivity index (χ4v) is 3.88. The Bertz CT molecular complexity index is 996. The Balaban J connectivity index is 2.04. The maximum Gasteiger partial charge on any atom is 0.0233 e. The lowest BCUT2D eigenvalue weighted by Gasteiger charge is -2.18. The molecule has 0 saturated carbocycles. The number of nitrogens with zero attached hydrogens (tertiary/aromatic N) is 2. The molecule has 2 heteroatoms. The van der Waals surface area contributed by atoms with Crippen LogP contribution in [0.5, 0.6) is 0 Å². The summed E-state index contributed by atoms with van der Waals surface area (Å²) in [5, 5.41) is 8.26. The Labute approximate surface area is 143 Å². The quantitative estimate of drug-likeness (QED) is 0.503. The summed E-state index contributed by atoms with van der Waals surface area (Å²) in [6.07, 6.45) is 0. The van der Waals surface area contributed by atoms with Gasteiger partial charge in [0.15, 0.2) is 0 Å². The van der Waals surface area contributed by atoms with Gasteiger partial charge in [-0.25, -0.2) is 0 Å². The van der Waals surface area contributed by atoms with Crippen LogP contribution < -0.4 is 0 Å². The van der Waals surface area contributed by atoms with Crippen molar-refractivity contribution < 1.29 is 0 Å². The summed E-state index contributed by atoms with van der Waals surface area (Å²) >= 11 is 0. The fourth-order valence-electron chi connectivity index (χ4n) is 3.88. The topological polar surface area (TPSA) is 6.48 Å². The van der Waals surface area contributed by atoms with E-state index in [0.717, 1.165) is 13.1 Å². The molecular weight excluding hydrogens is 292 g/mol. The van der Waals surface area contributed by atoms with Gasteiger partial charge in [-0.05, 0) is 83.8 Å². The maximum atomic E-state index is 2.35. The first kappa shape index (κ1) is 15.4. The minimum Gasteiger partial charge on any atom is -0.305 e. The van der Waals surface area contributed by atoms with Crippen LogP contribution in [0.4, 0.5) is 0 Å². The maximum absolute atomic E-state index is 2.35. The molecule has 4 aromatic carbocycles. The molecule has 0 aromatic heterocycles. The van der Waals surface area contributed by atoms with Crippen LogP contribution in [0.25, 0.3) is 32.3 Å². The average molecular weight is 316 g/mol. The molecule has 2 nitrogen and oxygen atoms in total. The van der Waals surface area contributed by atoms with E-state index in [4.69, 9.17) is 0 Å². The number of rotatable bonds is 4. The van der Waals surface area contributed by atoms with Gasteiger partial charge in [-0.3, -0.25) is 0 Å². The van der Waals surface area contributed by atoms with Crippen LogP contribution in [-0.4, -0.2) is 38.0 Å². The first-order valence-electron chi connectivity index (χ1n) is 8.52. The molecule has 0 unspecified atom stereocenters. The van der Waals surface area contributed by atoms with E-state index in [1.54, 1.807) is 0 Å². The summed E-state index contributed by atoms with van der Waals surface area (Å²) < 4.78 is 0. The van der Waals surface area contributed by atoms with Crippen LogP contribution in [0.2, 0.25) is 0 Å². The van der Waals surface area contributed by atoms with Crippen LogP contribution in [0.1, 0.15) is 11.1 Å². The zero-order chi connectivity index (χ0) is 16.8. The highest BCUT2D eigenvalue weighted by molar-refractivity contribution is 6.23. The van der Waals surface area contributed by atoms with Gasteiger partial charge < -0.3 is 9.80 Å². The Hall–Kier alpha value is -2.16. The first-order valence-corrected chi connectivity index (χ1v) is 8.52. The molecule has 0 bridgehead atoms. The van der Waals surface area contributed by atoms with Crippen LogP contribution >= 0.6 is 0 Å². The van der Waals surface area contributed by atoms with Crippen molar-refractivity contribution in [2.45, 2.75) is 13.1 Å². The van der Waals surface area contributed by atoms with Crippen molar-refractivity contribution in [2.75, 3.05) is 28.2 Å². The zero-order valence-electron chi connectivity index (χ0n) is 14.9. The predicted molar refractivity (Wildman–Crippen MR) is 105 cm³/mol. The van der Waals surface area contributed by atoms with E-state index in [-0.39, 0.29) is 0 Å². The third-order valence-corrected chi connectivity index (χ3v) is 4.73. The van der Waals surface area contributed by atoms with Gasteiger partial charge in [-0.15, -0.1) is 0 Å². The lowest BCUT2D eigenvalue weighted by molar-refractivity contribution is 0.403. The second kappa shape index (κ2) is 5.73. The molecule has 0 atom stereocenters. The molecule has 0 fully saturated rings. The first-order chi connectivity index (χ1) is 11.5. The smallest absolute Gasteiger partial charge is 0.0233 e. The van der Waals surface area contributed by atoms with Crippen LogP contribution in [0, 0.1) is 0 Å². The molecule has 0 amide bonds. The van der Waals surface area contributed by atoms with Gasteiger partial charge in [0, 0.05) is 13.1 Å². The molecule has 0 saturated heterocycles. The predicted octanol–water partition coefficient (Wildman–Crippen LogP) is 4.71. The molecule has 0 radical (unpaired) electrons. The van der Waals surface area contributed by atoms with Gasteiger partial charge in [0.05, 0.1) is 0 Å². The zero-order valence-corrected chi connectivity index (χ0v) is 14.9. The number of hydrogen-bond donors (Lipinski definition) is 0. The molecule has 4 aromatic rings. The van der Waals surface area contributed by atoms with E-state index in [0.29, 0.717) is 0 Å². The average Bonchev–Trinajstić information content (AvgIpc) is 2.52. The highest BCUT2D eigenvalue weighted by atomic mass is 15.1. The Morgan fingerprint density at radius 3 is 1.88 bits per heavy atom. The van der Waals surface area contributed by atoms with Crippen molar-refractivity contribution in [3.63, 3.8) is 0 Å². The summed E-state index contributed by atoms with van der Waals surface area (Å²) in [6.45, 7) is 1.95. The second-order valence-corrected chi connectivity index (χ2v) is 7.39. The molecule has 0 spiro atoms. The summed E-state index contributed by atoms with van der Waals surface area (Å²) in [5.41, 5.74) is 2.78. The molecule has 4 rings (SSSR count). The van der Waals surface area contributed by atoms with Gasteiger partial charge in [0.1, 0.15) is 0 Å². The minimum absolute atomic E-state index is 0.972. The lowest BCUT2D eigenvalue weighted by Crippen LogP contribution is -2.11. The van der Waals surface area contributed by atoms with Crippen molar-refractivity contribution in [1.82, 2.24) is 9.80 Å². The third kappa shape index (κ3) is 2.52. The molecule has 122 valence electrons. The van der Waals surface area contributed by atoms with E-state index in [1.807, 2.05) is 0 Å². The fraction of sp³-hybridized carbons (Fsp3) is 0.273. The van der Waals surface area contributed by atoms with E-state index in [9.17, 15) is 0 Å². The number of benzene rings is 4. The molecular formula is C22H24N2. The highest BCUT2D eigenvalue weighted by Gasteiger charge is 2.12. The molecule has 24 heavy (non-hydrogen) atoms. The normalized spacial score (nSPS) is 12.4. The Morgan fingerprint density at radius 1 is 0.625 bits per heavy atom. The van der Waals surface area contributed by atoms with Crippen LogP contribution in [0.15, 0.2) is 48.5 Å². The highest BCUT2D eigenvalue weighted by Crippen LogP contribution is 2.37. The molecule has 0 aliphatic carbocycles. The third-order valence-electron chi connectivity index (χ3n) is 4.73. The van der Waals surface area contributed by atoms with Gasteiger partial charge in [-0.2, -0.15) is 0 Å². The van der Waals surface area contributed by atoms with Crippen molar-refractivity contribution >= 4 is 32.3 Å². The summed E-state index contributed by atoms with van der Waals surface area (Å²) in [4.78, 5) is 4.46. The van der Waals surface area contributed by atoms with Gasteiger partial charge in [0.25, 0.3) is 0 Å². The summed E-state index contributed by atoms with van der Waals surface area (Å²) in [7, 11) is 8.51. The standard InChI is InChI=1S/C22H24N2/c1-23(2)13-15-11-17-7-5-16-6-8-19(14-24(3)4)20-10-9-18(12-15)21(17)22(16)20/h5-12H,13-14H2,1-4H3. The monoisotopic (exact) mass is 316 g/mol. The molecule has 0 heterocycles.